The molecule has 0 radical (unpaired) electrons. The second-order valence-corrected chi connectivity index (χ2v) is 1.77. The summed E-state index contributed by atoms with van der Waals surface area (Å²) in [5.74, 6) is 0. The maximum absolute atomic E-state index is 9.10. The maximum atomic E-state index is 9.10. The van der Waals surface area contributed by atoms with E-state index in [2.05, 4.69) is 5.50 Å². The quantitative estimate of drug-likeness (QED) is 0.265. The first-order chi connectivity index (χ1) is 2.00. The van der Waals surface area contributed by atoms with Crippen LogP contribution in [0.4, 0.5) is 0 Å². The average molecular weight is 145 g/mol. The molecular weight excluding hydrogens is 139 g/mol. The molecule has 0 spiro atoms. The van der Waals surface area contributed by atoms with Crippen molar-refractivity contribution in [2.45, 2.75) is 0 Å². The van der Waals surface area contributed by atoms with Gasteiger partial charge in [-0.15, -0.1) is 0 Å². The molecule has 0 rings (SSSR count). The molecule has 0 unspecified atom stereocenters. The summed E-state index contributed by atoms with van der Waals surface area (Å²) in [5, 5.41) is 0. The molecule has 7 heteroatoms. The van der Waals surface area contributed by atoms with Gasteiger partial charge in [-0.1, -0.05) is 0 Å². The van der Waals surface area contributed by atoms with E-state index in [1.165, 1.54) is 0 Å². The van der Waals surface area contributed by atoms with Crippen molar-refractivity contribution in [1.82, 2.24) is 0 Å². The minimum absolute atomic E-state index is 0. The minimum atomic E-state index is -4.14. The van der Waals surface area contributed by atoms with E-state index in [-0.39, 0.29) is 59.1 Å². The molecule has 0 saturated heterocycles. The Bertz CT molecular complexity index is 59.1. The van der Waals surface area contributed by atoms with Crippen LogP contribution in [0.25, 0.3) is 0 Å². The van der Waals surface area contributed by atoms with Crippen molar-refractivity contribution in [1.29, 1.82) is 0 Å². The number of hydrogen-bond acceptors (Lipinski definition) is 1. The molecule has 0 fully saturated rings. The topological polar surface area (TPSA) is 83.6 Å². The Hall–Kier alpha value is 2.11. The van der Waals surface area contributed by atoms with Gasteiger partial charge in [0, 0.05) is 0 Å². The first kappa shape index (κ1) is 16.1. The Morgan fingerprint density at radius 3 is 1.29 bits per heavy atom. The van der Waals surface area contributed by atoms with Gasteiger partial charge in [0.05, 0.1) is 0 Å². The van der Waals surface area contributed by atoms with Crippen molar-refractivity contribution in [3.8, 4) is 0 Å². The van der Waals surface area contributed by atoms with Gasteiger partial charge >= 0.3 is 66.9 Å². The van der Waals surface area contributed by atoms with E-state index in [1.807, 2.05) is 0 Å². The van der Waals surface area contributed by atoms with E-state index in [9.17, 15) is 0 Å². The summed E-state index contributed by atoms with van der Waals surface area (Å²) in [4.78, 5) is 14.8. The summed E-state index contributed by atoms with van der Waals surface area (Å²) < 4.78 is 9.10. The molecule has 0 aliphatic rings. The van der Waals surface area contributed by atoms with Crippen LogP contribution in [0.3, 0.4) is 0 Å². The van der Waals surface area contributed by atoms with E-state index in [1.54, 1.807) is 0 Å². The summed E-state index contributed by atoms with van der Waals surface area (Å²) in [6.07, 6.45) is 0. The van der Waals surface area contributed by atoms with Crippen molar-refractivity contribution in [2.24, 2.45) is 5.50 Å². The zero-order valence-electron chi connectivity index (χ0n) is 2.33. The molecule has 36 valence electrons. The fourth-order valence-corrected chi connectivity index (χ4v) is 0. The van der Waals surface area contributed by atoms with Crippen LogP contribution in [0.1, 0.15) is 0 Å². The Morgan fingerprint density at radius 1 is 1.29 bits per heavy atom. The third kappa shape index (κ3) is 68.0. The molecule has 4 N–H and O–H groups in total. The third-order valence-electron chi connectivity index (χ3n) is 0. The van der Waals surface area contributed by atoms with E-state index in [0.717, 1.165) is 0 Å². The molecule has 0 aliphatic carbocycles. The van der Waals surface area contributed by atoms with Crippen LogP contribution >= 0.6 is 7.75 Å². The van der Waals surface area contributed by atoms with Crippen LogP contribution < -0.4 is 5.50 Å². The van der Waals surface area contributed by atoms with Crippen LogP contribution in [0, 0.1) is 0 Å². The molecule has 0 bridgehead atoms. The third-order valence-corrected chi connectivity index (χ3v) is 0. The van der Waals surface area contributed by atoms with Crippen LogP contribution in [0.5, 0.6) is 0 Å². The van der Waals surface area contributed by atoms with Gasteiger partial charge in [0.25, 0.3) is 0 Å². The molecule has 7 heavy (non-hydrogen) atoms. The Kier molecular flexibility index (Phi) is 14.3. The zero-order valence-corrected chi connectivity index (χ0v) is 3.22. The number of hydrogen-bond donors (Lipinski definition) is 3. The second-order valence-electron chi connectivity index (χ2n) is 0.589. The van der Waals surface area contributed by atoms with E-state index < -0.39 is 7.75 Å². The first-order valence-electron chi connectivity index (χ1n) is 0.841. The van der Waals surface area contributed by atoms with Gasteiger partial charge in [0.2, 0.25) is 0 Å². The molecule has 0 aromatic heterocycles. The van der Waals surface area contributed by atoms with Crippen molar-refractivity contribution < 1.29 is 14.4 Å². The standard InChI is InChI=1S/H4NO3P.2Na.2H/c1-5(2,3)4;;;;/h(H4,1,2,3,4);;;;. The summed E-state index contributed by atoms with van der Waals surface area (Å²) in [6, 6.07) is 0. The normalized spacial score (nSPS) is 8.43. The van der Waals surface area contributed by atoms with Gasteiger partial charge in [-0.25, -0.2) is 10.1 Å². The first-order valence-corrected chi connectivity index (χ1v) is 2.52. The molecule has 4 nitrogen and oxygen atoms in total. The van der Waals surface area contributed by atoms with Crippen molar-refractivity contribution in [3.63, 3.8) is 0 Å². The Morgan fingerprint density at radius 2 is 1.29 bits per heavy atom. The average Bonchev–Trinajstić information content (AvgIpc) is 0.722. The zero-order chi connectivity index (χ0) is 4.50. The van der Waals surface area contributed by atoms with Crippen molar-refractivity contribution >= 4 is 66.9 Å². The van der Waals surface area contributed by atoms with E-state index in [4.69, 9.17) is 14.4 Å². The van der Waals surface area contributed by atoms with Gasteiger partial charge in [0.15, 0.2) is 0 Å². The van der Waals surface area contributed by atoms with Crippen LogP contribution in [-0.4, -0.2) is 68.9 Å². The van der Waals surface area contributed by atoms with Gasteiger partial charge in [0.1, 0.15) is 0 Å². The van der Waals surface area contributed by atoms with Gasteiger partial charge in [-0.05, 0) is 0 Å². The molecule has 0 aromatic carbocycles. The van der Waals surface area contributed by atoms with Gasteiger partial charge < -0.3 is 9.79 Å². The number of rotatable bonds is 0. The Balaban J connectivity index is -0.0000000800. The summed E-state index contributed by atoms with van der Waals surface area (Å²) in [7, 11) is -4.14. The predicted molar refractivity (Wildman–Crippen MR) is 30.5 cm³/mol. The molecular formula is H6NNa2O3P. The van der Waals surface area contributed by atoms with Crippen LogP contribution in [0.15, 0.2) is 0 Å². The summed E-state index contributed by atoms with van der Waals surface area (Å²) in [6.45, 7) is 0. The molecule has 0 atom stereocenters. The van der Waals surface area contributed by atoms with Gasteiger partial charge in [-0.3, -0.25) is 0 Å². The number of nitrogens with two attached hydrogens (primary N) is 1. The van der Waals surface area contributed by atoms with E-state index >= 15 is 0 Å². The second kappa shape index (κ2) is 6.23. The summed E-state index contributed by atoms with van der Waals surface area (Å²) >= 11 is 0. The molecule has 0 amide bonds. The van der Waals surface area contributed by atoms with E-state index in [0.29, 0.717) is 0 Å². The molecule has 0 aromatic rings. The van der Waals surface area contributed by atoms with Crippen molar-refractivity contribution in [3.05, 3.63) is 0 Å². The molecule has 0 heterocycles. The van der Waals surface area contributed by atoms with Crippen LogP contribution in [-0.2, 0) is 4.57 Å². The monoisotopic (exact) mass is 145 g/mol. The predicted octanol–water partition coefficient (Wildman–Crippen LogP) is -2.26. The molecule has 0 aliphatic heterocycles. The van der Waals surface area contributed by atoms with Gasteiger partial charge in [-0.2, -0.15) is 0 Å². The SMILES string of the molecule is NP(=O)(O)O.[NaH].[NaH]. The Labute approximate surface area is 85.6 Å². The van der Waals surface area contributed by atoms with Crippen molar-refractivity contribution in [2.75, 3.05) is 0 Å². The fraction of sp³-hybridized carbons (Fsp3) is 0. The molecule has 0 saturated carbocycles. The fourth-order valence-electron chi connectivity index (χ4n) is 0. The summed E-state index contributed by atoms with van der Waals surface area (Å²) in [5.41, 5.74) is 4.02. The van der Waals surface area contributed by atoms with Crippen LogP contribution in [0.2, 0.25) is 0 Å².